The first-order valence-corrected chi connectivity index (χ1v) is 3.59. The monoisotopic (exact) mass is 146 g/mol. The second-order valence-electron chi connectivity index (χ2n) is 2.12. The molecule has 1 atom stereocenters. The first kappa shape index (κ1) is 12.1. The molecule has 0 aromatic carbocycles. The second kappa shape index (κ2) is 8.43. The minimum absolute atomic E-state index is 0.0417. The maximum atomic E-state index is 10.2. The van der Waals surface area contributed by atoms with E-state index in [1.165, 1.54) is 0 Å². The molecule has 0 aliphatic rings. The molecule has 0 radical (unpaired) electrons. The number of rotatable bonds is 2. The van der Waals surface area contributed by atoms with Gasteiger partial charge >= 0.3 is 0 Å². The average molecular weight is 146 g/mol. The molecule has 0 saturated heterocycles. The predicted molar refractivity (Wildman–Crippen MR) is 43.4 cm³/mol. The van der Waals surface area contributed by atoms with Gasteiger partial charge in [-0.1, -0.05) is 20.8 Å². The van der Waals surface area contributed by atoms with Gasteiger partial charge in [0, 0.05) is 5.92 Å². The summed E-state index contributed by atoms with van der Waals surface area (Å²) in [6, 6.07) is 0. The Balaban J connectivity index is 0. The van der Waals surface area contributed by atoms with Crippen molar-refractivity contribution in [2.24, 2.45) is 17.4 Å². The normalized spacial score (nSPS) is 11.2. The van der Waals surface area contributed by atoms with Crippen molar-refractivity contribution in [3.05, 3.63) is 0 Å². The van der Waals surface area contributed by atoms with E-state index >= 15 is 0 Å². The minimum Gasteiger partial charge on any atom is -0.369 e. The van der Waals surface area contributed by atoms with E-state index in [0.29, 0.717) is 0 Å². The van der Waals surface area contributed by atoms with Gasteiger partial charge in [0.2, 0.25) is 5.91 Å². The van der Waals surface area contributed by atoms with E-state index in [4.69, 9.17) is 11.5 Å². The summed E-state index contributed by atoms with van der Waals surface area (Å²) in [6.07, 6.45) is 0.843. The van der Waals surface area contributed by atoms with E-state index in [9.17, 15) is 4.79 Å². The molecule has 0 fully saturated rings. The molecule has 0 spiro atoms. The Hall–Kier alpha value is -0.570. The van der Waals surface area contributed by atoms with Gasteiger partial charge in [0.25, 0.3) is 0 Å². The lowest BCUT2D eigenvalue weighted by molar-refractivity contribution is -0.121. The Morgan fingerprint density at radius 2 is 1.80 bits per heavy atom. The number of amides is 1. The zero-order valence-electron chi connectivity index (χ0n) is 7.05. The number of primary amides is 1. The number of nitrogens with two attached hydrogens (primary N) is 2. The van der Waals surface area contributed by atoms with Gasteiger partial charge in [-0.05, 0) is 13.0 Å². The maximum Gasteiger partial charge on any atom is 0.220 e. The van der Waals surface area contributed by atoms with Gasteiger partial charge < -0.3 is 11.5 Å². The lowest BCUT2D eigenvalue weighted by Gasteiger charge is -1.98. The average Bonchev–Trinajstić information content (AvgIpc) is 1.88. The minimum atomic E-state index is -0.206. The van der Waals surface area contributed by atoms with E-state index in [0.717, 1.165) is 13.0 Å². The van der Waals surface area contributed by atoms with Crippen LogP contribution in [0.4, 0.5) is 0 Å². The fourth-order valence-corrected chi connectivity index (χ4v) is 0.201. The highest BCUT2D eigenvalue weighted by atomic mass is 16.1. The first-order valence-electron chi connectivity index (χ1n) is 3.59. The van der Waals surface area contributed by atoms with Crippen molar-refractivity contribution < 1.29 is 4.79 Å². The van der Waals surface area contributed by atoms with Gasteiger partial charge in [-0.2, -0.15) is 0 Å². The van der Waals surface area contributed by atoms with E-state index < -0.39 is 0 Å². The summed E-state index contributed by atoms with van der Waals surface area (Å²) in [5, 5.41) is 0. The van der Waals surface area contributed by atoms with Crippen molar-refractivity contribution in [3.8, 4) is 0 Å². The van der Waals surface area contributed by atoms with E-state index in [1.54, 1.807) is 0 Å². The topological polar surface area (TPSA) is 69.1 Å². The second-order valence-corrected chi connectivity index (χ2v) is 2.12. The Bertz CT molecular complexity index is 83.7. The zero-order chi connectivity index (χ0) is 8.57. The highest BCUT2D eigenvalue weighted by Crippen LogP contribution is 1.96. The van der Waals surface area contributed by atoms with Crippen molar-refractivity contribution in [2.75, 3.05) is 6.54 Å². The quantitative estimate of drug-likeness (QED) is 0.595. The van der Waals surface area contributed by atoms with E-state index in [-0.39, 0.29) is 11.8 Å². The van der Waals surface area contributed by atoms with Gasteiger partial charge in [-0.3, -0.25) is 4.79 Å². The molecule has 0 rings (SSSR count). The molecule has 0 aliphatic heterocycles. The molecule has 0 aromatic rings. The lowest BCUT2D eigenvalue weighted by Crippen LogP contribution is -2.19. The van der Waals surface area contributed by atoms with Crippen molar-refractivity contribution in [1.29, 1.82) is 0 Å². The molecule has 4 N–H and O–H groups in total. The van der Waals surface area contributed by atoms with Crippen LogP contribution in [0, 0.1) is 5.92 Å². The summed E-state index contributed by atoms with van der Waals surface area (Å²) in [5.41, 5.74) is 9.75. The summed E-state index contributed by atoms with van der Waals surface area (Å²) in [6.45, 7) is 6.41. The van der Waals surface area contributed by atoms with Crippen LogP contribution in [0.2, 0.25) is 0 Å². The van der Waals surface area contributed by atoms with Crippen molar-refractivity contribution in [2.45, 2.75) is 27.2 Å². The van der Waals surface area contributed by atoms with Crippen molar-refractivity contribution in [1.82, 2.24) is 0 Å². The van der Waals surface area contributed by atoms with Crippen LogP contribution in [-0.2, 0) is 4.79 Å². The smallest absolute Gasteiger partial charge is 0.220 e. The third kappa shape index (κ3) is 10.4. The van der Waals surface area contributed by atoms with Gasteiger partial charge in [-0.25, -0.2) is 0 Å². The van der Waals surface area contributed by atoms with Crippen LogP contribution in [0.1, 0.15) is 27.2 Å². The molecule has 1 unspecified atom stereocenters. The Morgan fingerprint density at radius 3 is 1.80 bits per heavy atom. The molecule has 10 heavy (non-hydrogen) atoms. The molecule has 3 nitrogen and oxygen atoms in total. The molecule has 1 amide bonds. The van der Waals surface area contributed by atoms with Crippen LogP contribution in [0.3, 0.4) is 0 Å². The largest absolute Gasteiger partial charge is 0.369 e. The predicted octanol–water partition coefficient (Wildman–Crippen LogP) is 0.483. The Labute approximate surface area is 62.8 Å². The van der Waals surface area contributed by atoms with Crippen LogP contribution in [0.15, 0.2) is 0 Å². The summed E-state index contributed by atoms with van der Waals surface area (Å²) in [5.74, 6) is -0.164. The number of carbonyl (C=O) groups is 1. The zero-order valence-corrected chi connectivity index (χ0v) is 7.05. The molecule has 0 aromatic heterocycles. The van der Waals surface area contributed by atoms with Crippen molar-refractivity contribution in [3.63, 3.8) is 0 Å². The van der Waals surface area contributed by atoms with E-state index in [2.05, 4.69) is 0 Å². The number of hydrogen-bond donors (Lipinski definition) is 2. The maximum absolute atomic E-state index is 10.2. The van der Waals surface area contributed by atoms with Gasteiger partial charge in [0.15, 0.2) is 0 Å². The fourth-order valence-electron chi connectivity index (χ4n) is 0.201. The SMILES string of the molecule is CCC(C)C(N)=O.CCN. The van der Waals surface area contributed by atoms with Crippen LogP contribution < -0.4 is 11.5 Å². The van der Waals surface area contributed by atoms with Gasteiger partial charge in [0.05, 0.1) is 0 Å². The molecule has 3 heteroatoms. The molecular weight excluding hydrogens is 128 g/mol. The first-order chi connectivity index (χ1) is 4.59. The van der Waals surface area contributed by atoms with E-state index in [1.807, 2.05) is 20.8 Å². The van der Waals surface area contributed by atoms with Crippen LogP contribution >= 0.6 is 0 Å². The summed E-state index contributed by atoms with van der Waals surface area (Å²) >= 11 is 0. The lowest BCUT2D eigenvalue weighted by atomic mass is 10.1. The Kier molecular flexibility index (Phi) is 10.2. The van der Waals surface area contributed by atoms with Crippen LogP contribution in [-0.4, -0.2) is 12.5 Å². The third-order valence-corrected chi connectivity index (χ3v) is 1.10. The molecule has 0 heterocycles. The molecule has 0 bridgehead atoms. The number of carbonyl (C=O) groups excluding carboxylic acids is 1. The van der Waals surface area contributed by atoms with Crippen LogP contribution in [0.25, 0.3) is 0 Å². The Morgan fingerprint density at radius 1 is 1.50 bits per heavy atom. The third-order valence-electron chi connectivity index (χ3n) is 1.10. The van der Waals surface area contributed by atoms with Crippen LogP contribution in [0.5, 0.6) is 0 Å². The van der Waals surface area contributed by atoms with Gasteiger partial charge in [0.1, 0.15) is 0 Å². The highest BCUT2D eigenvalue weighted by molar-refractivity contribution is 5.76. The summed E-state index contributed by atoms with van der Waals surface area (Å²) in [7, 11) is 0. The standard InChI is InChI=1S/C5H11NO.C2H7N/c1-3-4(2)5(6)7;1-2-3/h4H,3H2,1-2H3,(H2,6,7);2-3H2,1H3. The summed E-state index contributed by atoms with van der Waals surface area (Å²) in [4.78, 5) is 10.2. The molecule has 0 saturated carbocycles. The number of hydrogen-bond acceptors (Lipinski definition) is 2. The molecule has 62 valence electrons. The molecular formula is C7H18N2O. The highest BCUT2D eigenvalue weighted by Gasteiger charge is 2.02. The van der Waals surface area contributed by atoms with Crippen molar-refractivity contribution >= 4 is 5.91 Å². The fraction of sp³-hybridized carbons (Fsp3) is 0.857. The summed E-state index contributed by atoms with van der Waals surface area (Å²) < 4.78 is 0. The van der Waals surface area contributed by atoms with Gasteiger partial charge in [-0.15, -0.1) is 0 Å². The molecule has 0 aliphatic carbocycles.